The fourth-order valence-electron chi connectivity index (χ4n) is 2.80. The Labute approximate surface area is 113 Å². The molecule has 2 atom stereocenters. The van der Waals surface area contributed by atoms with E-state index in [0.717, 1.165) is 6.42 Å². The topological polar surface area (TPSA) is 18.5 Å². The normalized spacial score (nSPS) is 27.3. The molecule has 1 heterocycles. The summed E-state index contributed by atoms with van der Waals surface area (Å²) >= 11 is 0. The molecule has 0 spiro atoms. The minimum atomic E-state index is -0.383. The molecule has 1 aliphatic heterocycles. The molecule has 1 saturated heterocycles. The Hall–Kier alpha value is -0.0800. The highest BCUT2D eigenvalue weighted by molar-refractivity contribution is 4.76. The lowest BCUT2D eigenvalue weighted by Gasteiger charge is -2.41. The summed E-state index contributed by atoms with van der Waals surface area (Å²) in [5, 5.41) is 0. The second-order valence-corrected chi connectivity index (χ2v) is 6.11. The Morgan fingerprint density at radius 1 is 0.833 bits per heavy atom. The van der Waals surface area contributed by atoms with Gasteiger partial charge in [-0.25, -0.2) is 0 Å². The van der Waals surface area contributed by atoms with Crippen LogP contribution < -0.4 is 0 Å². The highest BCUT2D eigenvalue weighted by Crippen LogP contribution is 2.31. The van der Waals surface area contributed by atoms with Gasteiger partial charge in [0, 0.05) is 6.42 Å². The third-order valence-electron chi connectivity index (χ3n) is 3.69. The smallest absolute Gasteiger partial charge is 0.163 e. The average Bonchev–Trinajstić information content (AvgIpc) is 2.30. The van der Waals surface area contributed by atoms with E-state index < -0.39 is 0 Å². The molecule has 0 bridgehead atoms. The Morgan fingerprint density at radius 2 is 1.39 bits per heavy atom. The summed E-state index contributed by atoms with van der Waals surface area (Å²) in [6, 6.07) is 0. The fourth-order valence-corrected chi connectivity index (χ4v) is 2.80. The van der Waals surface area contributed by atoms with Crippen molar-refractivity contribution in [1.82, 2.24) is 0 Å². The molecular formula is C16H32O2. The van der Waals surface area contributed by atoms with Gasteiger partial charge in [0.2, 0.25) is 0 Å². The molecule has 0 radical (unpaired) electrons. The first kappa shape index (κ1) is 16.0. The van der Waals surface area contributed by atoms with Crippen LogP contribution in [0.5, 0.6) is 0 Å². The molecule has 2 heteroatoms. The molecule has 1 rings (SSSR count). The molecule has 0 N–H and O–H groups in total. The maximum absolute atomic E-state index is 6.04. The summed E-state index contributed by atoms with van der Waals surface area (Å²) in [5.41, 5.74) is 0. The zero-order valence-corrected chi connectivity index (χ0v) is 12.8. The summed E-state index contributed by atoms with van der Waals surface area (Å²) < 4.78 is 12.1. The van der Waals surface area contributed by atoms with Crippen LogP contribution >= 0.6 is 0 Å². The zero-order chi connectivity index (χ0) is 13.4. The fraction of sp³-hybridized carbons (Fsp3) is 1.00. The molecule has 0 aromatic carbocycles. The van der Waals surface area contributed by atoms with E-state index in [0.29, 0.717) is 12.2 Å². The minimum Gasteiger partial charge on any atom is -0.347 e. The Morgan fingerprint density at radius 3 is 1.94 bits per heavy atom. The van der Waals surface area contributed by atoms with Crippen molar-refractivity contribution in [3.8, 4) is 0 Å². The molecule has 0 aliphatic carbocycles. The molecule has 1 aliphatic rings. The average molecular weight is 256 g/mol. The SMILES string of the molecule is CCCCCC[C@H]1C[C@@H](CCCC)OC(C)(C)O1. The van der Waals surface area contributed by atoms with E-state index >= 15 is 0 Å². The summed E-state index contributed by atoms with van der Waals surface area (Å²) in [6.07, 6.45) is 12.1. The van der Waals surface area contributed by atoms with Gasteiger partial charge >= 0.3 is 0 Å². The molecule has 0 unspecified atom stereocenters. The molecule has 0 aromatic heterocycles. The quantitative estimate of drug-likeness (QED) is 0.565. The van der Waals surface area contributed by atoms with Gasteiger partial charge in [0.25, 0.3) is 0 Å². The van der Waals surface area contributed by atoms with Gasteiger partial charge in [-0.3, -0.25) is 0 Å². The zero-order valence-electron chi connectivity index (χ0n) is 12.8. The van der Waals surface area contributed by atoms with Crippen LogP contribution in [-0.4, -0.2) is 18.0 Å². The maximum Gasteiger partial charge on any atom is 0.163 e. The van der Waals surface area contributed by atoms with E-state index in [4.69, 9.17) is 9.47 Å². The minimum absolute atomic E-state index is 0.383. The second-order valence-electron chi connectivity index (χ2n) is 6.11. The van der Waals surface area contributed by atoms with Crippen LogP contribution in [0.15, 0.2) is 0 Å². The van der Waals surface area contributed by atoms with Gasteiger partial charge in [-0.2, -0.15) is 0 Å². The van der Waals surface area contributed by atoms with Gasteiger partial charge in [-0.15, -0.1) is 0 Å². The lowest BCUT2D eigenvalue weighted by atomic mass is 9.99. The van der Waals surface area contributed by atoms with Gasteiger partial charge in [0.15, 0.2) is 5.79 Å². The van der Waals surface area contributed by atoms with Gasteiger partial charge in [-0.05, 0) is 26.7 Å². The number of rotatable bonds is 8. The van der Waals surface area contributed by atoms with Crippen LogP contribution in [-0.2, 0) is 9.47 Å². The van der Waals surface area contributed by atoms with Crippen LogP contribution in [0.3, 0.4) is 0 Å². The van der Waals surface area contributed by atoms with E-state index in [9.17, 15) is 0 Å². The van der Waals surface area contributed by atoms with Crippen molar-refractivity contribution in [2.75, 3.05) is 0 Å². The first-order chi connectivity index (χ1) is 8.57. The van der Waals surface area contributed by atoms with Crippen molar-refractivity contribution in [2.45, 2.75) is 103 Å². The van der Waals surface area contributed by atoms with Crippen LogP contribution in [0.4, 0.5) is 0 Å². The van der Waals surface area contributed by atoms with Crippen molar-refractivity contribution in [1.29, 1.82) is 0 Å². The van der Waals surface area contributed by atoms with Crippen LogP contribution in [0.25, 0.3) is 0 Å². The summed E-state index contributed by atoms with van der Waals surface area (Å²) in [4.78, 5) is 0. The van der Waals surface area contributed by atoms with Crippen molar-refractivity contribution in [2.24, 2.45) is 0 Å². The predicted molar refractivity (Wildman–Crippen MR) is 76.7 cm³/mol. The van der Waals surface area contributed by atoms with Gasteiger partial charge in [-0.1, -0.05) is 52.4 Å². The molecule has 1 fully saturated rings. The molecule has 0 aromatic rings. The lowest BCUT2D eigenvalue weighted by molar-refractivity contribution is -0.301. The van der Waals surface area contributed by atoms with Crippen molar-refractivity contribution in [3.63, 3.8) is 0 Å². The predicted octanol–water partition coefficient (Wildman–Crippen LogP) is 5.06. The molecule has 2 nitrogen and oxygen atoms in total. The van der Waals surface area contributed by atoms with Crippen molar-refractivity contribution >= 4 is 0 Å². The monoisotopic (exact) mass is 256 g/mol. The third kappa shape index (κ3) is 6.19. The first-order valence-corrected chi connectivity index (χ1v) is 7.93. The number of ether oxygens (including phenoxy) is 2. The highest BCUT2D eigenvalue weighted by atomic mass is 16.7. The van der Waals surface area contributed by atoms with E-state index in [1.54, 1.807) is 0 Å². The van der Waals surface area contributed by atoms with Gasteiger partial charge < -0.3 is 9.47 Å². The molecule has 18 heavy (non-hydrogen) atoms. The van der Waals surface area contributed by atoms with Crippen LogP contribution in [0.1, 0.15) is 85.5 Å². The Balaban J connectivity index is 2.32. The Bertz CT molecular complexity index is 213. The van der Waals surface area contributed by atoms with Gasteiger partial charge in [0.1, 0.15) is 0 Å². The van der Waals surface area contributed by atoms with Crippen molar-refractivity contribution < 1.29 is 9.47 Å². The maximum atomic E-state index is 6.04. The van der Waals surface area contributed by atoms with E-state index in [1.165, 1.54) is 51.4 Å². The van der Waals surface area contributed by atoms with Crippen LogP contribution in [0, 0.1) is 0 Å². The first-order valence-electron chi connectivity index (χ1n) is 7.93. The third-order valence-corrected chi connectivity index (χ3v) is 3.69. The van der Waals surface area contributed by atoms with E-state index in [2.05, 4.69) is 27.7 Å². The second kappa shape index (κ2) is 8.16. The molecule has 0 amide bonds. The van der Waals surface area contributed by atoms with Crippen LogP contribution in [0.2, 0.25) is 0 Å². The van der Waals surface area contributed by atoms with E-state index in [1.807, 2.05) is 0 Å². The summed E-state index contributed by atoms with van der Waals surface area (Å²) in [5.74, 6) is -0.383. The Kier molecular flexibility index (Phi) is 7.25. The number of hydrogen-bond donors (Lipinski definition) is 0. The molecular weight excluding hydrogens is 224 g/mol. The highest BCUT2D eigenvalue weighted by Gasteiger charge is 2.34. The largest absolute Gasteiger partial charge is 0.347 e. The summed E-state index contributed by atoms with van der Waals surface area (Å²) in [7, 11) is 0. The standard InChI is InChI=1S/C16H32O2/c1-5-7-9-10-12-15-13-14(11-8-6-2)17-16(3,4)18-15/h14-15H,5-13H2,1-4H3/t14-,15+/m1/s1. The van der Waals surface area contributed by atoms with E-state index in [-0.39, 0.29) is 5.79 Å². The van der Waals surface area contributed by atoms with Crippen molar-refractivity contribution in [3.05, 3.63) is 0 Å². The molecule has 0 saturated carbocycles. The molecule has 108 valence electrons. The number of hydrogen-bond acceptors (Lipinski definition) is 2. The van der Waals surface area contributed by atoms with Gasteiger partial charge in [0.05, 0.1) is 12.2 Å². The lowest BCUT2D eigenvalue weighted by Crippen LogP contribution is -2.44. The summed E-state index contributed by atoms with van der Waals surface area (Å²) in [6.45, 7) is 8.62. The number of unbranched alkanes of at least 4 members (excludes halogenated alkanes) is 4.